The molecule has 2 aliphatic carbocycles. The van der Waals surface area contributed by atoms with Gasteiger partial charge in [0.25, 0.3) is 13.4 Å². The molecule has 0 radical (unpaired) electrons. The second-order valence-electron chi connectivity index (χ2n) is 46.2. The van der Waals surface area contributed by atoms with Crippen LogP contribution < -0.4 is 52.6 Å². The maximum absolute atomic E-state index is 7.82. The van der Waals surface area contributed by atoms with Gasteiger partial charge in [0.2, 0.25) is 0 Å². The quantitative estimate of drug-likeness (QED) is 0.147. The summed E-state index contributed by atoms with van der Waals surface area (Å²) < 4.78 is 16.6. The Kier molecular flexibility index (Phi) is 19.5. The van der Waals surface area contributed by atoms with E-state index in [0.717, 1.165) is 67.7 Å². The first-order valence-electron chi connectivity index (χ1n) is 48.2. The molecule has 4 aliphatic heterocycles. The molecule has 0 N–H and O–H groups in total. The average molecular weight is 1790 g/mol. The Labute approximate surface area is 802 Å². The van der Waals surface area contributed by atoms with Gasteiger partial charge in [0.05, 0.1) is 27.7 Å². The van der Waals surface area contributed by atoms with E-state index >= 15 is 0 Å². The first kappa shape index (κ1) is 87.0. The number of furan rings is 2. The van der Waals surface area contributed by atoms with Crippen LogP contribution in [-0.4, -0.2) is 18.4 Å². The molecule has 0 saturated heterocycles. The van der Waals surface area contributed by atoms with Crippen LogP contribution in [0.3, 0.4) is 0 Å². The van der Waals surface area contributed by atoms with Crippen LogP contribution in [0, 0.1) is 27.7 Å². The molecule has 6 aliphatic rings. The zero-order valence-corrected chi connectivity index (χ0v) is 84.5. The number of nitrogens with zero attached hydrogens (tertiary/aromatic N) is 5. The van der Waals surface area contributed by atoms with E-state index in [0.29, 0.717) is 0 Å². The Morgan fingerprint density at radius 1 is 0.351 bits per heavy atom. The maximum Gasteiger partial charge on any atom is 0.298 e. The van der Waals surface area contributed by atoms with Gasteiger partial charge in [-0.2, -0.15) is 0 Å². The summed E-state index contributed by atoms with van der Waals surface area (Å²) in [4.78, 5) is 17.9. The fourth-order valence-corrected chi connectivity index (χ4v) is 25.6. The van der Waals surface area contributed by atoms with Gasteiger partial charge in [0, 0.05) is 121 Å². The molecule has 0 fully saturated rings. The van der Waals surface area contributed by atoms with Gasteiger partial charge in [-0.05, 0) is 269 Å². The predicted molar refractivity (Wildman–Crippen MR) is 577 cm³/mol. The van der Waals surface area contributed by atoms with Crippen molar-refractivity contribution in [3.63, 3.8) is 0 Å². The van der Waals surface area contributed by atoms with E-state index in [1.165, 1.54) is 187 Å². The first-order valence-corrected chi connectivity index (χ1v) is 49.8. The normalized spacial score (nSPS) is 14.8. The molecule has 9 heterocycles. The number of anilines is 12. The third-order valence-corrected chi connectivity index (χ3v) is 32.8. The summed E-state index contributed by atoms with van der Waals surface area (Å²) in [5.74, 6) is 1.91. The van der Waals surface area contributed by atoms with Crippen LogP contribution in [0.4, 0.5) is 67.6 Å². The molecule has 0 amide bonds. The van der Waals surface area contributed by atoms with Gasteiger partial charge in [0.1, 0.15) is 17.1 Å². The van der Waals surface area contributed by atoms with E-state index in [9.17, 15) is 0 Å². The molecule has 134 heavy (non-hydrogen) atoms. The van der Waals surface area contributed by atoms with Gasteiger partial charge in [-0.3, -0.25) is 4.98 Å². The highest BCUT2D eigenvalue weighted by Crippen LogP contribution is 2.62. The van der Waals surface area contributed by atoms with Crippen molar-refractivity contribution in [3.8, 4) is 55.5 Å². The number of rotatable bonds is 7. The lowest BCUT2D eigenvalue weighted by Crippen LogP contribution is -2.61. The topological polar surface area (TPSA) is 52.1 Å². The van der Waals surface area contributed by atoms with Crippen molar-refractivity contribution in [2.24, 2.45) is 0 Å². The first-order chi connectivity index (χ1) is 63.4. The highest BCUT2D eigenvalue weighted by atomic mass is 32.1. The monoisotopic (exact) mass is 1790 g/mol. The van der Waals surface area contributed by atoms with Gasteiger partial charge in [-0.25, -0.2) is 0 Å². The fourth-order valence-electron chi connectivity index (χ4n) is 22.8. The van der Waals surface area contributed by atoms with E-state index in [1.807, 2.05) is 34.9 Å². The van der Waals surface area contributed by atoms with Crippen molar-refractivity contribution in [3.05, 3.63) is 338 Å². The van der Waals surface area contributed by atoms with Crippen molar-refractivity contribution in [1.82, 2.24) is 4.98 Å². The van der Waals surface area contributed by atoms with E-state index in [4.69, 9.17) is 13.8 Å². The Morgan fingerprint density at radius 3 is 1.44 bits per heavy atom. The number of thiophene rings is 2. The molecule has 23 rings (SSSR count). The molecule has 0 bridgehead atoms. The second-order valence-corrected chi connectivity index (χ2v) is 48.2. The predicted octanol–water partition coefficient (Wildman–Crippen LogP) is 31.2. The standard InChI is InChI=1S/C65H69BN2OS.C58H52BN3OS/c1-36-32-49-53-50(33-36)68(42-26-20-38(21-27-42)61(5,6)7)55-52-56(43-28-22-40(63(11,12)13)35-47(43)64(52,14)15)69-59(55)66(53)54-48(67(49)41-24-18-37(19-25-41)60(2,3)4)31-29-44-51-45-34-39(62(8,9)10)23-30-46(45)65(16,17)58(51)70-57(44)54;1-35-30-48-53-49(31-35)62(47-24-15-14-22-42(47)46-23-16-17-29-60-46)50-33-44(58(7,8)9)43-32-51(40-20-12-10-18-36(40)2)63-55(43)54(50)59(53)45-34-52(41-21-13-11-19-37(41)3)64-56(45)61(48)39-27-25-38(26-28-39)57(4,5)6/h18-35H,1-17H3;10-34H,1-9H3. The molecule has 12 aromatic carbocycles. The van der Waals surface area contributed by atoms with Gasteiger partial charge in [-0.15, -0.1) is 22.7 Å². The zero-order valence-electron chi connectivity index (χ0n) is 82.8. The molecular weight excluding hydrogens is 1670 g/mol. The fraction of sp³-hybridized carbons (Fsp3) is 0.276. The number of pyridine rings is 1. The number of aryl methyl sites for hydroxylation is 4. The highest BCUT2D eigenvalue weighted by Gasteiger charge is 2.55. The molecule has 0 spiro atoms. The third-order valence-electron chi connectivity index (χ3n) is 30.0. The Morgan fingerprint density at radius 2 is 0.858 bits per heavy atom. The number of para-hydroxylation sites is 1. The molecule has 5 aromatic heterocycles. The summed E-state index contributed by atoms with van der Waals surface area (Å²) in [5, 5.41) is 3.75. The maximum atomic E-state index is 7.82. The van der Waals surface area contributed by atoms with E-state index in [-0.39, 0.29) is 56.7 Å². The molecule has 0 atom stereocenters. The van der Waals surface area contributed by atoms with Crippen molar-refractivity contribution in [2.45, 2.75) is 223 Å². The number of fused-ring (bicyclic) bond motifs is 20. The Bertz CT molecular complexity index is 7740. The van der Waals surface area contributed by atoms with Crippen molar-refractivity contribution >= 4 is 158 Å². The van der Waals surface area contributed by atoms with E-state index in [2.05, 4.69) is 448 Å². The van der Waals surface area contributed by atoms with E-state index in [1.54, 1.807) is 0 Å². The average Bonchev–Trinajstić information content (AvgIpc) is 1.47. The Balaban J connectivity index is 0.000000157. The minimum absolute atomic E-state index is 0.0163. The summed E-state index contributed by atoms with van der Waals surface area (Å²) in [6.07, 6.45) is 1.89. The summed E-state index contributed by atoms with van der Waals surface area (Å²) in [6, 6.07) is 96.9. The molecule has 17 aromatic rings. The summed E-state index contributed by atoms with van der Waals surface area (Å²) in [6.45, 7) is 60.1. The SMILES string of the molecule is Cc1cc2c3c(c1)N(c1ccc(C(C)(C)C)cc1)c1c(oc4c1C(C)(C)c1cc(C(C)(C)C)ccc1-4)B3c1c(ccc3c4c(sc13)C(C)(C)c1ccc(C(C)(C)C)cc1-4)N2c1ccc(C(C)(C)C)cc1.Cc1cc2c3c(c1)N(c1ccc(C(C)(C)C)cc1)c1sc(-c4ccccc4C)cc1B3c1c(cc(C(C)(C)C)c3cc(-c4ccccc4C)oc13)N2c1ccccc1-c1ccccn1. The van der Waals surface area contributed by atoms with Gasteiger partial charge >= 0.3 is 0 Å². The number of aromatic nitrogens is 1. The minimum atomic E-state index is -0.330. The molecule has 0 unspecified atom stereocenters. The molecular formula is C123H121B2N5O2S2. The molecule has 668 valence electrons. The smallest absolute Gasteiger partial charge is 0.298 e. The highest BCUT2D eigenvalue weighted by molar-refractivity contribution is 7.24. The summed E-state index contributed by atoms with van der Waals surface area (Å²) in [5.41, 5.74) is 46.1. The number of benzene rings is 12. The molecule has 0 saturated carbocycles. The van der Waals surface area contributed by atoms with Crippen LogP contribution >= 0.6 is 22.7 Å². The summed E-state index contributed by atoms with van der Waals surface area (Å²) >= 11 is 3.92. The van der Waals surface area contributed by atoms with Crippen LogP contribution in [0.2, 0.25) is 0 Å². The van der Waals surface area contributed by atoms with Gasteiger partial charge in [0.15, 0.2) is 0 Å². The Hall–Kier alpha value is -12.4. The van der Waals surface area contributed by atoms with Gasteiger partial charge in [-0.1, -0.05) is 304 Å². The van der Waals surface area contributed by atoms with Crippen LogP contribution in [0.1, 0.15) is 230 Å². The van der Waals surface area contributed by atoms with E-state index < -0.39 is 0 Å². The second kappa shape index (κ2) is 30.0. The van der Waals surface area contributed by atoms with Crippen molar-refractivity contribution < 1.29 is 8.83 Å². The van der Waals surface area contributed by atoms with Crippen LogP contribution in [0.15, 0.2) is 270 Å². The summed E-state index contributed by atoms with van der Waals surface area (Å²) in [7, 11) is 0. The van der Waals surface area contributed by atoms with Crippen molar-refractivity contribution in [1.29, 1.82) is 0 Å². The lowest BCUT2D eigenvalue weighted by atomic mass is 9.33. The number of hydrogen-bond donors (Lipinski definition) is 0. The van der Waals surface area contributed by atoms with Crippen molar-refractivity contribution in [2.75, 3.05) is 19.6 Å². The largest absolute Gasteiger partial charge is 0.468 e. The molecule has 11 heteroatoms. The zero-order chi connectivity index (χ0) is 94.0. The van der Waals surface area contributed by atoms with Crippen LogP contribution in [-0.2, 0) is 43.3 Å². The lowest BCUT2D eigenvalue weighted by molar-refractivity contribution is 0.584. The van der Waals surface area contributed by atoms with Gasteiger partial charge < -0.3 is 28.4 Å². The minimum Gasteiger partial charge on any atom is -0.468 e. The lowest BCUT2D eigenvalue weighted by Gasteiger charge is -2.44. The van der Waals surface area contributed by atoms with Crippen LogP contribution in [0.5, 0.6) is 0 Å². The molecule has 7 nitrogen and oxygen atoms in total. The third kappa shape index (κ3) is 13.5. The van der Waals surface area contributed by atoms with Crippen LogP contribution in [0.25, 0.3) is 76.5 Å². The number of hydrogen-bond acceptors (Lipinski definition) is 9.